The van der Waals surface area contributed by atoms with Crippen LogP contribution < -0.4 is 10.6 Å². The van der Waals surface area contributed by atoms with Gasteiger partial charge in [0, 0.05) is 12.6 Å². The Labute approximate surface area is 127 Å². The lowest BCUT2D eigenvalue weighted by Crippen LogP contribution is -2.54. The Hall–Kier alpha value is -1.10. The maximum atomic E-state index is 12.9. The molecule has 0 spiro atoms. The number of likely N-dealkylation sites (tertiary alicyclic amines) is 1. The van der Waals surface area contributed by atoms with E-state index >= 15 is 0 Å². The zero-order valence-corrected chi connectivity index (χ0v) is 13.4. The van der Waals surface area contributed by atoms with Gasteiger partial charge in [-0.1, -0.05) is 19.3 Å². The van der Waals surface area contributed by atoms with Crippen molar-refractivity contribution in [3.8, 4) is 0 Å². The van der Waals surface area contributed by atoms with Crippen molar-refractivity contribution in [2.45, 2.75) is 64.0 Å². The molecule has 1 aliphatic heterocycles. The van der Waals surface area contributed by atoms with E-state index in [1.165, 1.54) is 19.3 Å². The number of nitrogens with one attached hydrogen (secondary N) is 2. The van der Waals surface area contributed by atoms with Crippen molar-refractivity contribution in [3.05, 3.63) is 0 Å². The number of hydrogen-bond acceptors (Lipinski definition) is 3. The molecule has 0 aromatic rings. The molecular weight excluding hydrogens is 266 g/mol. The fraction of sp³-hybridized carbons (Fsp3) is 0.875. The van der Waals surface area contributed by atoms with E-state index in [1.54, 1.807) is 7.05 Å². The molecule has 2 rings (SSSR count). The monoisotopic (exact) mass is 295 g/mol. The summed E-state index contributed by atoms with van der Waals surface area (Å²) in [6, 6.07) is -0.0171. The van der Waals surface area contributed by atoms with Gasteiger partial charge in [0.25, 0.3) is 0 Å². The first-order valence-electron chi connectivity index (χ1n) is 8.38. The summed E-state index contributed by atoms with van der Waals surface area (Å²) in [5.41, 5.74) is 0. The molecule has 21 heavy (non-hydrogen) atoms. The lowest BCUT2D eigenvalue weighted by molar-refractivity contribution is -0.138. The molecule has 120 valence electrons. The first-order valence-corrected chi connectivity index (χ1v) is 8.38. The minimum absolute atomic E-state index is 0.0757. The number of likely N-dealkylation sites (N-methyl/N-ethyl adjacent to an activating group) is 1. The number of amides is 2. The van der Waals surface area contributed by atoms with E-state index in [-0.39, 0.29) is 24.4 Å². The van der Waals surface area contributed by atoms with E-state index in [4.69, 9.17) is 0 Å². The molecule has 5 heteroatoms. The van der Waals surface area contributed by atoms with E-state index < -0.39 is 0 Å². The molecule has 2 unspecified atom stereocenters. The number of nitrogens with zero attached hydrogens (tertiary/aromatic N) is 1. The van der Waals surface area contributed by atoms with Crippen LogP contribution in [0.15, 0.2) is 0 Å². The standard InChI is InChI=1S/C16H29N3O2/c1-12-7-6-10-19(12)16(21)15(18-14(20)11-17-2)13-8-4-3-5-9-13/h12-13,15,17H,3-11H2,1-2H3,(H,18,20). The molecule has 0 aromatic carbocycles. The predicted molar refractivity (Wildman–Crippen MR) is 82.8 cm³/mol. The number of hydrogen-bond donors (Lipinski definition) is 2. The SMILES string of the molecule is CNCC(=O)NC(C(=O)N1CCCC1C)C1CCCCC1. The average Bonchev–Trinajstić information content (AvgIpc) is 2.91. The third-order valence-corrected chi connectivity index (χ3v) is 4.88. The second kappa shape index (κ2) is 7.78. The summed E-state index contributed by atoms with van der Waals surface area (Å²) >= 11 is 0. The van der Waals surface area contributed by atoms with Crippen molar-refractivity contribution in [1.82, 2.24) is 15.5 Å². The highest BCUT2D eigenvalue weighted by Crippen LogP contribution is 2.29. The van der Waals surface area contributed by atoms with Crippen molar-refractivity contribution in [1.29, 1.82) is 0 Å². The fourth-order valence-corrected chi connectivity index (χ4v) is 3.67. The van der Waals surface area contributed by atoms with Crippen LogP contribution in [0.1, 0.15) is 51.9 Å². The quantitative estimate of drug-likeness (QED) is 0.803. The minimum atomic E-state index is -0.327. The Balaban J connectivity index is 2.06. The first-order chi connectivity index (χ1) is 10.1. The van der Waals surface area contributed by atoms with Gasteiger partial charge in [-0.2, -0.15) is 0 Å². The van der Waals surface area contributed by atoms with Crippen molar-refractivity contribution in [2.75, 3.05) is 20.1 Å². The molecule has 1 aliphatic carbocycles. The molecule has 5 nitrogen and oxygen atoms in total. The number of carbonyl (C=O) groups is 2. The van der Waals surface area contributed by atoms with Gasteiger partial charge in [-0.3, -0.25) is 9.59 Å². The smallest absolute Gasteiger partial charge is 0.245 e. The largest absolute Gasteiger partial charge is 0.343 e. The van der Waals surface area contributed by atoms with Gasteiger partial charge < -0.3 is 15.5 Å². The Morgan fingerprint density at radius 3 is 2.43 bits per heavy atom. The molecular formula is C16H29N3O2. The van der Waals surface area contributed by atoms with Crippen LogP contribution in [0.4, 0.5) is 0 Å². The second-order valence-corrected chi connectivity index (χ2v) is 6.50. The lowest BCUT2D eigenvalue weighted by atomic mass is 9.83. The maximum Gasteiger partial charge on any atom is 0.245 e. The zero-order chi connectivity index (χ0) is 15.2. The Morgan fingerprint density at radius 1 is 1.14 bits per heavy atom. The van der Waals surface area contributed by atoms with Crippen LogP contribution in [0.3, 0.4) is 0 Å². The predicted octanol–water partition coefficient (Wildman–Crippen LogP) is 1.28. The molecule has 1 saturated carbocycles. The third kappa shape index (κ3) is 4.19. The molecule has 0 aromatic heterocycles. The van der Waals surface area contributed by atoms with Crippen LogP contribution >= 0.6 is 0 Å². The van der Waals surface area contributed by atoms with Gasteiger partial charge >= 0.3 is 0 Å². The van der Waals surface area contributed by atoms with Gasteiger partial charge in [-0.25, -0.2) is 0 Å². The van der Waals surface area contributed by atoms with Crippen molar-refractivity contribution in [3.63, 3.8) is 0 Å². The van der Waals surface area contributed by atoms with Gasteiger partial charge in [0.1, 0.15) is 6.04 Å². The summed E-state index contributed by atoms with van der Waals surface area (Å²) in [5.74, 6) is 0.365. The van der Waals surface area contributed by atoms with Gasteiger partial charge in [0.05, 0.1) is 6.54 Å². The van der Waals surface area contributed by atoms with Crippen LogP contribution in [-0.4, -0.2) is 48.9 Å². The van der Waals surface area contributed by atoms with Crippen LogP contribution in [0.25, 0.3) is 0 Å². The summed E-state index contributed by atoms with van der Waals surface area (Å²) in [7, 11) is 1.75. The van der Waals surface area contributed by atoms with Gasteiger partial charge in [-0.05, 0) is 45.6 Å². The molecule has 1 heterocycles. The van der Waals surface area contributed by atoms with Gasteiger partial charge in [-0.15, -0.1) is 0 Å². The van der Waals surface area contributed by atoms with E-state index in [0.29, 0.717) is 12.0 Å². The highest BCUT2D eigenvalue weighted by Gasteiger charge is 2.36. The number of rotatable bonds is 5. The summed E-state index contributed by atoms with van der Waals surface area (Å²) in [6.45, 7) is 3.22. The van der Waals surface area contributed by atoms with Crippen molar-refractivity contribution < 1.29 is 9.59 Å². The number of carbonyl (C=O) groups excluding carboxylic acids is 2. The molecule has 2 amide bonds. The van der Waals surface area contributed by atoms with E-state index in [2.05, 4.69) is 17.6 Å². The van der Waals surface area contributed by atoms with Gasteiger partial charge in [0.15, 0.2) is 0 Å². The second-order valence-electron chi connectivity index (χ2n) is 6.50. The summed E-state index contributed by atoms with van der Waals surface area (Å²) < 4.78 is 0. The van der Waals surface area contributed by atoms with E-state index in [9.17, 15) is 9.59 Å². The highest BCUT2D eigenvalue weighted by molar-refractivity contribution is 5.89. The van der Waals surface area contributed by atoms with Crippen LogP contribution in [0, 0.1) is 5.92 Å². The molecule has 2 fully saturated rings. The van der Waals surface area contributed by atoms with Crippen LogP contribution in [0.5, 0.6) is 0 Å². The minimum Gasteiger partial charge on any atom is -0.343 e. The zero-order valence-electron chi connectivity index (χ0n) is 13.4. The summed E-state index contributed by atoms with van der Waals surface area (Å²) in [5, 5.41) is 5.85. The Bertz CT molecular complexity index is 367. The fourth-order valence-electron chi connectivity index (χ4n) is 3.67. The Morgan fingerprint density at radius 2 is 1.86 bits per heavy atom. The third-order valence-electron chi connectivity index (χ3n) is 4.88. The first kappa shape index (κ1) is 16.3. The van der Waals surface area contributed by atoms with Crippen molar-refractivity contribution >= 4 is 11.8 Å². The molecule has 2 aliphatic rings. The molecule has 1 saturated heterocycles. The van der Waals surface area contributed by atoms with E-state index in [0.717, 1.165) is 32.2 Å². The van der Waals surface area contributed by atoms with Crippen LogP contribution in [-0.2, 0) is 9.59 Å². The van der Waals surface area contributed by atoms with Crippen molar-refractivity contribution in [2.24, 2.45) is 5.92 Å². The Kier molecular flexibility index (Phi) is 6.03. The van der Waals surface area contributed by atoms with Gasteiger partial charge in [0.2, 0.25) is 11.8 Å². The molecule has 2 atom stereocenters. The maximum absolute atomic E-state index is 12.9. The molecule has 0 radical (unpaired) electrons. The lowest BCUT2D eigenvalue weighted by Gasteiger charge is -2.34. The summed E-state index contributed by atoms with van der Waals surface area (Å²) in [4.78, 5) is 26.8. The highest BCUT2D eigenvalue weighted by atomic mass is 16.2. The normalized spacial score (nSPS) is 24.9. The van der Waals surface area contributed by atoms with E-state index in [1.807, 2.05) is 4.90 Å². The topological polar surface area (TPSA) is 61.4 Å². The molecule has 2 N–H and O–H groups in total. The average molecular weight is 295 g/mol. The molecule has 0 bridgehead atoms. The van der Waals surface area contributed by atoms with Crippen LogP contribution in [0.2, 0.25) is 0 Å². The summed E-state index contributed by atoms with van der Waals surface area (Å²) in [6.07, 6.45) is 7.86.